The van der Waals surface area contributed by atoms with Gasteiger partial charge >= 0.3 is 0 Å². The molecule has 0 radical (unpaired) electrons. The summed E-state index contributed by atoms with van der Waals surface area (Å²) >= 11 is 0. The van der Waals surface area contributed by atoms with Crippen LogP contribution in [0.15, 0.2) is 0 Å². The van der Waals surface area contributed by atoms with E-state index in [2.05, 4.69) is 24.3 Å². The van der Waals surface area contributed by atoms with E-state index in [-0.39, 0.29) is 0 Å². The van der Waals surface area contributed by atoms with Crippen LogP contribution >= 0.6 is 0 Å². The summed E-state index contributed by atoms with van der Waals surface area (Å²) in [7, 11) is 4.40. The maximum Gasteiger partial charge on any atom is 0.0136 e. The maximum atomic E-state index is 3.30. The number of hydrogen-bond donors (Lipinski definition) is 1. The van der Waals surface area contributed by atoms with Crippen LogP contribution in [0, 0.1) is 5.92 Å². The first-order valence-corrected chi connectivity index (χ1v) is 5.69. The molecule has 2 nitrogen and oxygen atoms in total. The third-order valence-electron chi connectivity index (χ3n) is 4.02. The van der Waals surface area contributed by atoms with Crippen LogP contribution in [0.1, 0.15) is 32.1 Å². The minimum atomic E-state index is 0.887. The molecule has 2 atom stereocenters. The molecule has 0 aromatic carbocycles. The lowest BCUT2D eigenvalue weighted by Crippen LogP contribution is -2.53. The summed E-state index contributed by atoms with van der Waals surface area (Å²) in [6, 6.07) is 1.81. The fraction of sp³-hybridized carbons (Fsp3) is 1.00. The zero-order chi connectivity index (χ0) is 9.26. The zero-order valence-corrected chi connectivity index (χ0v) is 8.92. The molecule has 2 saturated carbocycles. The number of hydrogen-bond acceptors (Lipinski definition) is 2. The van der Waals surface area contributed by atoms with E-state index >= 15 is 0 Å². The van der Waals surface area contributed by atoms with E-state index in [0.717, 1.165) is 18.0 Å². The Hall–Kier alpha value is -0.0800. The Morgan fingerprint density at radius 2 is 2.00 bits per heavy atom. The molecular formula is C11H22N2. The summed E-state index contributed by atoms with van der Waals surface area (Å²) in [6.45, 7) is 1.21. The topological polar surface area (TPSA) is 15.3 Å². The van der Waals surface area contributed by atoms with Gasteiger partial charge in [-0.05, 0) is 52.2 Å². The Balaban J connectivity index is 1.78. The van der Waals surface area contributed by atoms with Crippen molar-refractivity contribution in [2.24, 2.45) is 5.92 Å². The molecule has 0 amide bonds. The average Bonchev–Trinajstić information content (AvgIpc) is 1.94. The van der Waals surface area contributed by atoms with Gasteiger partial charge in [-0.2, -0.15) is 0 Å². The largest absolute Gasteiger partial charge is 0.319 e. The van der Waals surface area contributed by atoms with Crippen LogP contribution in [0.4, 0.5) is 0 Å². The van der Waals surface area contributed by atoms with Gasteiger partial charge in [0.1, 0.15) is 0 Å². The first-order valence-electron chi connectivity index (χ1n) is 5.69. The summed E-state index contributed by atoms with van der Waals surface area (Å²) < 4.78 is 0. The first kappa shape index (κ1) is 9.47. The minimum absolute atomic E-state index is 0.887. The van der Waals surface area contributed by atoms with Gasteiger partial charge in [-0.1, -0.05) is 6.42 Å². The summed E-state index contributed by atoms with van der Waals surface area (Å²) in [4.78, 5) is 2.65. The van der Waals surface area contributed by atoms with Crippen molar-refractivity contribution in [2.45, 2.75) is 44.2 Å². The van der Waals surface area contributed by atoms with Crippen molar-refractivity contribution in [3.05, 3.63) is 0 Å². The van der Waals surface area contributed by atoms with Crippen LogP contribution in [0.3, 0.4) is 0 Å². The highest BCUT2D eigenvalue weighted by molar-refractivity contribution is 4.93. The molecule has 0 saturated heterocycles. The highest BCUT2D eigenvalue weighted by atomic mass is 15.2. The molecule has 2 aliphatic rings. The Morgan fingerprint density at radius 3 is 2.38 bits per heavy atom. The molecule has 2 aliphatic carbocycles. The van der Waals surface area contributed by atoms with Crippen molar-refractivity contribution >= 4 is 0 Å². The van der Waals surface area contributed by atoms with Crippen molar-refractivity contribution in [3.8, 4) is 0 Å². The van der Waals surface area contributed by atoms with E-state index in [1.807, 2.05) is 0 Å². The highest BCUT2D eigenvalue weighted by Gasteiger charge is 2.37. The minimum Gasteiger partial charge on any atom is -0.319 e. The summed E-state index contributed by atoms with van der Waals surface area (Å²) in [6.07, 6.45) is 7.21. The molecule has 0 aromatic rings. The molecule has 2 unspecified atom stereocenters. The van der Waals surface area contributed by atoms with Crippen LogP contribution in [0.25, 0.3) is 0 Å². The van der Waals surface area contributed by atoms with E-state index in [9.17, 15) is 0 Å². The number of nitrogens with zero attached hydrogens (tertiary/aromatic N) is 1. The van der Waals surface area contributed by atoms with Gasteiger partial charge in [-0.25, -0.2) is 0 Å². The SMILES string of the molecule is CNCC1CCC1N(C)C1CCC1. The Labute approximate surface area is 81.7 Å². The van der Waals surface area contributed by atoms with E-state index in [1.54, 1.807) is 0 Å². The molecule has 0 heterocycles. The summed E-state index contributed by atoms with van der Waals surface area (Å²) in [5, 5.41) is 3.30. The van der Waals surface area contributed by atoms with Gasteiger partial charge in [0.15, 0.2) is 0 Å². The monoisotopic (exact) mass is 182 g/mol. The van der Waals surface area contributed by atoms with Crippen LogP contribution < -0.4 is 5.32 Å². The smallest absolute Gasteiger partial charge is 0.0136 e. The lowest BCUT2D eigenvalue weighted by molar-refractivity contribution is 0.0221. The Morgan fingerprint density at radius 1 is 1.23 bits per heavy atom. The molecule has 1 N–H and O–H groups in total. The van der Waals surface area contributed by atoms with Gasteiger partial charge < -0.3 is 10.2 Å². The summed E-state index contributed by atoms with van der Waals surface area (Å²) in [5.74, 6) is 0.926. The first-order chi connectivity index (χ1) is 6.33. The molecule has 0 aromatic heterocycles. The molecular weight excluding hydrogens is 160 g/mol. The van der Waals surface area contributed by atoms with Gasteiger partial charge in [-0.15, -0.1) is 0 Å². The zero-order valence-electron chi connectivity index (χ0n) is 8.92. The van der Waals surface area contributed by atoms with Gasteiger partial charge in [0.05, 0.1) is 0 Å². The second-order valence-electron chi connectivity index (χ2n) is 4.71. The van der Waals surface area contributed by atoms with E-state index in [1.165, 1.54) is 38.6 Å². The molecule has 0 spiro atoms. The van der Waals surface area contributed by atoms with Crippen molar-refractivity contribution in [3.63, 3.8) is 0 Å². The quantitative estimate of drug-likeness (QED) is 0.708. The number of rotatable bonds is 4. The van der Waals surface area contributed by atoms with Gasteiger partial charge in [0.25, 0.3) is 0 Å². The van der Waals surface area contributed by atoms with E-state index in [0.29, 0.717) is 0 Å². The van der Waals surface area contributed by atoms with Crippen molar-refractivity contribution < 1.29 is 0 Å². The fourth-order valence-corrected chi connectivity index (χ4v) is 2.65. The average molecular weight is 182 g/mol. The van der Waals surface area contributed by atoms with Crippen molar-refractivity contribution in [1.82, 2.24) is 10.2 Å². The normalized spacial score (nSPS) is 34.4. The van der Waals surface area contributed by atoms with Crippen LogP contribution in [-0.2, 0) is 0 Å². The molecule has 13 heavy (non-hydrogen) atoms. The fourth-order valence-electron chi connectivity index (χ4n) is 2.65. The molecule has 2 fully saturated rings. The highest BCUT2D eigenvalue weighted by Crippen LogP contribution is 2.36. The van der Waals surface area contributed by atoms with Crippen molar-refractivity contribution in [1.29, 1.82) is 0 Å². The lowest BCUT2D eigenvalue weighted by atomic mass is 9.76. The van der Waals surface area contributed by atoms with Crippen molar-refractivity contribution in [2.75, 3.05) is 20.6 Å². The molecule has 0 bridgehead atoms. The number of nitrogens with one attached hydrogen (secondary N) is 1. The molecule has 0 aliphatic heterocycles. The van der Waals surface area contributed by atoms with Crippen LogP contribution in [-0.4, -0.2) is 37.6 Å². The van der Waals surface area contributed by atoms with E-state index in [4.69, 9.17) is 0 Å². The predicted octanol–water partition coefficient (Wildman–Crippen LogP) is 1.47. The predicted molar refractivity (Wildman–Crippen MR) is 55.8 cm³/mol. The van der Waals surface area contributed by atoms with E-state index < -0.39 is 0 Å². The lowest BCUT2D eigenvalue weighted by Gasteiger charge is -2.48. The van der Waals surface area contributed by atoms with Gasteiger partial charge in [0, 0.05) is 12.1 Å². The van der Waals surface area contributed by atoms with Crippen LogP contribution in [0.5, 0.6) is 0 Å². The Bertz CT molecular complexity index is 165. The Kier molecular flexibility index (Phi) is 2.89. The van der Waals surface area contributed by atoms with Gasteiger partial charge in [0.2, 0.25) is 0 Å². The second kappa shape index (κ2) is 3.97. The third-order valence-corrected chi connectivity index (χ3v) is 4.02. The summed E-state index contributed by atoms with van der Waals surface area (Å²) in [5.41, 5.74) is 0. The molecule has 2 heteroatoms. The second-order valence-corrected chi connectivity index (χ2v) is 4.71. The maximum absolute atomic E-state index is 3.30. The van der Waals surface area contributed by atoms with Gasteiger partial charge in [-0.3, -0.25) is 0 Å². The standard InChI is InChI=1S/C11H22N2/c1-12-8-9-6-7-11(9)13(2)10-4-3-5-10/h9-12H,3-8H2,1-2H3. The molecule has 2 rings (SSSR count). The third kappa shape index (κ3) is 1.75. The molecule has 76 valence electrons. The van der Waals surface area contributed by atoms with Crippen LogP contribution in [0.2, 0.25) is 0 Å².